The number of aliphatic carboxylic acids is 1. The van der Waals surface area contributed by atoms with Crippen molar-refractivity contribution in [3.63, 3.8) is 0 Å². The summed E-state index contributed by atoms with van der Waals surface area (Å²) >= 11 is 3.61. The molecular weight excluding hydrogens is 544 g/mol. The molecule has 198 valence electrons. The second kappa shape index (κ2) is 11.2. The summed E-state index contributed by atoms with van der Waals surface area (Å²) in [6.45, 7) is 3.03. The number of hydrogen-bond acceptors (Lipinski definition) is 9. The van der Waals surface area contributed by atoms with Crippen LogP contribution in [0.5, 0.6) is 11.5 Å². The minimum atomic E-state index is -0.746. The van der Waals surface area contributed by atoms with Gasteiger partial charge in [0.15, 0.2) is 5.82 Å². The molecule has 2 aromatic heterocycles. The van der Waals surface area contributed by atoms with Crippen LogP contribution in [0.25, 0.3) is 5.52 Å². The first kappa shape index (κ1) is 25.7. The predicted molar refractivity (Wildman–Crippen MR) is 140 cm³/mol. The monoisotopic (exact) mass is 574 g/mol. The van der Waals surface area contributed by atoms with Gasteiger partial charge in [0.1, 0.15) is 39.6 Å². The van der Waals surface area contributed by atoms with Crippen molar-refractivity contribution in [2.24, 2.45) is 0 Å². The lowest BCUT2D eigenvalue weighted by molar-refractivity contribution is -0.142. The summed E-state index contributed by atoms with van der Waals surface area (Å²) in [6.07, 6.45) is 4.97. The minimum Gasteiger partial charge on any atom is -0.497 e. The van der Waals surface area contributed by atoms with Gasteiger partial charge in [0.2, 0.25) is 0 Å². The maximum absolute atomic E-state index is 11.5. The summed E-state index contributed by atoms with van der Waals surface area (Å²) in [4.78, 5) is 22.8. The van der Waals surface area contributed by atoms with Gasteiger partial charge in [-0.25, -0.2) is 9.97 Å². The summed E-state index contributed by atoms with van der Waals surface area (Å²) in [5, 5.41) is 16.4. The largest absolute Gasteiger partial charge is 0.497 e. The van der Waals surface area contributed by atoms with E-state index in [0.29, 0.717) is 43.1 Å². The second-order valence-corrected chi connectivity index (χ2v) is 9.96. The molecule has 2 saturated heterocycles. The summed E-state index contributed by atoms with van der Waals surface area (Å²) < 4.78 is 19.7. The quantitative estimate of drug-likeness (QED) is 0.351. The van der Waals surface area contributed by atoms with Crippen LogP contribution >= 0.6 is 15.9 Å². The molecule has 0 radical (unpaired) electrons. The number of carbonyl (C=O) groups is 1. The molecular formula is C25H31BrN6O5. The SMILES string of the molecule is COc1ccc(CNc2nccn3c([C@H]4CN[C@H](CN5CCCC5C(=O)O)CO4)nc(Br)c23)c(OC)c1. The molecule has 37 heavy (non-hydrogen) atoms. The topological polar surface area (TPSA) is 122 Å². The number of anilines is 1. The van der Waals surface area contributed by atoms with Crippen LogP contribution in [-0.4, -0.2) is 82.9 Å². The third-order valence-corrected chi connectivity index (χ3v) is 7.52. The number of ether oxygens (including phenoxy) is 3. The van der Waals surface area contributed by atoms with Crippen LogP contribution < -0.4 is 20.1 Å². The molecule has 5 rings (SSSR count). The van der Waals surface area contributed by atoms with E-state index in [1.165, 1.54) is 0 Å². The van der Waals surface area contributed by atoms with Gasteiger partial charge in [0, 0.05) is 49.7 Å². The fraction of sp³-hybridized carbons (Fsp3) is 0.480. The van der Waals surface area contributed by atoms with E-state index in [2.05, 4.69) is 31.5 Å². The Balaban J connectivity index is 1.27. The maximum atomic E-state index is 11.5. The molecule has 2 aliphatic rings. The number of fused-ring (bicyclic) bond motifs is 1. The molecule has 0 saturated carbocycles. The zero-order valence-electron chi connectivity index (χ0n) is 20.8. The van der Waals surface area contributed by atoms with Crippen molar-refractivity contribution in [3.8, 4) is 11.5 Å². The highest BCUT2D eigenvalue weighted by Crippen LogP contribution is 2.31. The first-order valence-electron chi connectivity index (χ1n) is 12.3. The lowest BCUT2D eigenvalue weighted by atomic mass is 10.2. The van der Waals surface area contributed by atoms with E-state index in [-0.39, 0.29) is 12.1 Å². The van der Waals surface area contributed by atoms with Gasteiger partial charge in [0.05, 0.1) is 20.8 Å². The first-order chi connectivity index (χ1) is 18.0. The number of likely N-dealkylation sites (tertiary alicyclic amines) is 1. The Labute approximate surface area is 223 Å². The predicted octanol–water partition coefficient (Wildman–Crippen LogP) is 2.70. The van der Waals surface area contributed by atoms with Crippen molar-refractivity contribution in [2.45, 2.75) is 37.6 Å². The molecule has 0 spiro atoms. The number of carboxylic acid groups (broad SMARTS) is 1. The average Bonchev–Trinajstić information content (AvgIpc) is 3.52. The molecule has 1 unspecified atom stereocenters. The van der Waals surface area contributed by atoms with Crippen LogP contribution in [0.2, 0.25) is 0 Å². The normalized spacial score (nSPS) is 22.3. The maximum Gasteiger partial charge on any atom is 0.320 e. The van der Waals surface area contributed by atoms with Crippen LogP contribution in [-0.2, 0) is 16.1 Å². The summed E-state index contributed by atoms with van der Waals surface area (Å²) in [7, 11) is 3.26. The highest BCUT2D eigenvalue weighted by molar-refractivity contribution is 9.10. The first-order valence-corrected chi connectivity index (χ1v) is 13.1. The number of nitrogens with zero attached hydrogens (tertiary/aromatic N) is 4. The van der Waals surface area contributed by atoms with E-state index in [9.17, 15) is 9.90 Å². The van der Waals surface area contributed by atoms with Crippen LogP contribution in [0.15, 0.2) is 35.2 Å². The molecule has 3 atom stereocenters. The van der Waals surface area contributed by atoms with Crippen LogP contribution in [0.4, 0.5) is 5.82 Å². The summed E-state index contributed by atoms with van der Waals surface area (Å²) in [5.74, 6) is 2.16. The number of morpholine rings is 1. The number of nitrogens with one attached hydrogen (secondary N) is 2. The number of hydrogen-bond donors (Lipinski definition) is 3. The molecule has 4 heterocycles. The molecule has 2 fully saturated rings. The third-order valence-electron chi connectivity index (χ3n) is 6.96. The Bertz CT molecular complexity index is 1260. The van der Waals surface area contributed by atoms with Gasteiger partial charge in [-0.3, -0.25) is 14.1 Å². The van der Waals surface area contributed by atoms with E-state index < -0.39 is 12.0 Å². The van der Waals surface area contributed by atoms with Crippen molar-refractivity contribution < 1.29 is 24.1 Å². The summed E-state index contributed by atoms with van der Waals surface area (Å²) in [5.41, 5.74) is 1.79. The van der Waals surface area contributed by atoms with Crippen molar-refractivity contribution in [2.75, 3.05) is 45.8 Å². The molecule has 3 aromatic rings. The minimum absolute atomic E-state index is 0.0734. The van der Waals surface area contributed by atoms with Gasteiger partial charge < -0.3 is 30.0 Å². The van der Waals surface area contributed by atoms with E-state index >= 15 is 0 Å². The number of carboxylic acids is 1. The molecule has 2 aliphatic heterocycles. The molecule has 12 heteroatoms. The Morgan fingerprint density at radius 2 is 2.22 bits per heavy atom. The van der Waals surface area contributed by atoms with Crippen molar-refractivity contribution in [3.05, 3.63) is 46.6 Å². The summed E-state index contributed by atoms with van der Waals surface area (Å²) in [6, 6.07) is 5.38. The van der Waals surface area contributed by atoms with Crippen molar-refractivity contribution >= 4 is 33.2 Å². The number of imidazole rings is 1. The zero-order valence-corrected chi connectivity index (χ0v) is 22.4. The van der Waals surface area contributed by atoms with E-state index in [4.69, 9.17) is 19.2 Å². The second-order valence-electron chi connectivity index (χ2n) is 9.20. The Kier molecular flexibility index (Phi) is 7.79. The molecule has 0 aliphatic carbocycles. The van der Waals surface area contributed by atoms with Gasteiger partial charge in [-0.05, 0) is 47.4 Å². The lowest BCUT2D eigenvalue weighted by Crippen LogP contribution is -2.51. The number of methoxy groups -OCH3 is 2. The van der Waals surface area contributed by atoms with Crippen LogP contribution in [0, 0.1) is 0 Å². The van der Waals surface area contributed by atoms with Gasteiger partial charge in [0.25, 0.3) is 0 Å². The third kappa shape index (κ3) is 5.37. The fourth-order valence-corrected chi connectivity index (χ4v) is 5.63. The zero-order chi connectivity index (χ0) is 25.9. The Morgan fingerprint density at radius 3 is 2.95 bits per heavy atom. The van der Waals surface area contributed by atoms with Crippen molar-refractivity contribution in [1.82, 2.24) is 24.6 Å². The Morgan fingerprint density at radius 1 is 1.35 bits per heavy atom. The molecule has 11 nitrogen and oxygen atoms in total. The lowest BCUT2D eigenvalue weighted by Gasteiger charge is -2.33. The van der Waals surface area contributed by atoms with E-state index in [0.717, 1.165) is 41.4 Å². The molecule has 3 N–H and O–H groups in total. The van der Waals surface area contributed by atoms with E-state index in [1.807, 2.05) is 33.7 Å². The number of benzene rings is 1. The average molecular weight is 575 g/mol. The van der Waals surface area contributed by atoms with Crippen LogP contribution in [0.3, 0.4) is 0 Å². The van der Waals surface area contributed by atoms with E-state index in [1.54, 1.807) is 20.4 Å². The smallest absolute Gasteiger partial charge is 0.320 e. The van der Waals surface area contributed by atoms with Gasteiger partial charge in [-0.1, -0.05) is 0 Å². The number of aromatic nitrogens is 3. The highest BCUT2D eigenvalue weighted by atomic mass is 79.9. The fourth-order valence-electron chi connectivity index (χ4n) is 5.07. The number of rotatable bonds is 9. The molecule has 0 amide bonds. The van der Waals surface area contributed by atoms with Gasteiger partial charge in [-0.2, -0.15) is 0 Å². The number of halogens is 1. The standard InChI is InChI=1S/C25H31BrN6O5/c1-35-17-6-5-15(19(10-17)36-2)11-29-23-21-22(26)30-24(32(21)9-7-27-23)20-12-28-16(14-37-20)13-31-8-3-4-18(31)25(33)34/h5-7,9-10,16,18,20,28H,3-4,8,11-14H2,1-2H3,(H,27,29)(H,33,34)/t16-,18?,20-/m1/s1. The molecule has 0 bridgehead atoms. The molecule has 1 aromatic carbocycles. The van der Waals surface area contributed by atoms with Gasteiger partial charge in [-0.15, -0.1) is 0 Å². The highest BCUT2D eigenvalue weighted by Gasteiger charge is 2.34. The Hall–Kier alpha value is -2.93. The van der Waals surface area contributed by atoms with Gasteiger partial charge >= 0.3 is 5.97 Å². The van der Waals surface area contributed by atoms with Crippen molar-refractivity contribution in [1.29, 1.82) is 0 Å². The van der Waals surface area contributed by atoms with Crippen LogP contribution in [0.1, 0.15) is 30.3 Å².